The van der Waals surface area contributed by atoms with E-state index in [0.717, 1.165) is 0 Å². The Hall–Kier alpha value is -0.780. The van der Waals surface area contributed by atoms with Crippen molar-refractivity contribution in [3.63, 3.8) is 0 Å². The molecule has 1 aliphatic carbocycles. The van der Waals surface area contributed by atoms with Crippen LogP contribution in [0, 0.1) is 11.8 Å². The summed E-state index contributed by atoms with van der Waals surface area (Å²) in [4.78, 5) is 13.7. The number of hydrogen-bond acceptors (Lipinski definition) is 2. The first-order valence-corrected chi connectivity index (χ1v) is 7.14. The lowest BCUT2D eigenvalue weighted by Crippen LogP contribution is -2.48. The normalized spacial score (nSPS) is 24.6. The zero-order valence-electron chi connectivity index (χ0n) is 12.3. The van der Waals surface area contributed by atoms with E-state index in [-0.39, 0.29) is 19.4 Å². The second kappa shape index (κ2) is 6.33. The van der Waals surface area contributed by atoms with Gasteiger partial charge >= 0.3 is 6.18 Å². The Morgan fingerprint density at radius 3 is 2.25 bits per heavy atom. The number of alkyl halides is 3. The Morgan fingerprint density at radius 2 is 1.80 bits per heavy atom. The molecule has 20 heavy (non-hydrogen) atoms. The molecule has 0 aromatic carbocycles. The fraction of sp³-hybridized carbons (Fsp3) is 0.929. The molecule has 1 rings (SSSR count). The highest BCUT2D eigenvalue weighted by molar-refractivity contribution is 5.79. The third-order valence-corrected chi connectivity index (χ3v) is 3.77. The molecule has 0 spiro atoms. The highest BCUT2D eigenvalue weighted by atomic mass is 19.4. The van der Waals surface area contributed by atoms with Gasteiger partial charge in [-0.25, -0.2) is 0 Å². The van der Waals surface area contributed by atoms with Crippen molar-refractivity contribution in [3.05, 3.63) is 0 Å². The van der Waals surface area contributed by atoms with E-state index in [9.17, 15) is 23.1 Å². The molecule has 2 unspecified atom stereocenters. The van der Waals surface area contributed by atoms with Crippen molar-refractivity contribution < 1.29 is 23.1 Å². The fourth-order valence-corrected chi connectivity index (χ4v) is 2.87. The number of carbonyl (C=O) groups is 1. The van der Waals surface area contributed by atoms with Crippen molar-refractivity contribution in [2.75, 3.05) is 13.1 Å². The van der Waals surface area contributed by atoms with Crippen LogP contribution in [0.3, 0.4) is 0 Å². The largest absolute Gasteiger partial charge is 0.392 e. The third kappa shape index (κ3) is 4.65. The van der Waals surface area contributed by atoms with Gasteiger partial charge in [-0.1, -0.05) is 12.8 Å². The highest BCUT2D eigenvalue weighted by Gasteiger charge is 2.49. The van der Waals surface area contributed by atoms with E-state index in [2.05, 4.69) is 0 Å². The number of hydrogen-bond donors (Lipinski definition) is 1. The molecule has 0 heterocycles. The molecule has 1 fully saturated rings. The van der Waals surface area contributed by atoms with E-state index in [1.54, 1.807) is 20.8 Å². The van der Waals surface area contributed by atoms with Crippen molar-refractivity contribution in [2.45, 2.75) is 58.2 Å². The molecule has 0 saturated heterocycles. The highest BCUT2D eigenvalue weighted by Crippen LogP contribution is 2.42. The summed E-state index contributed by atoms with van der Waals surface area (Å²) in [6.45, 7) is 5.18. The van der Waals surface area contributed by atoms with Crippen LogP contribution >= 0.6 is 0 Å². The first kappa shape index (κ1) is 17.3. The van der Waals surface area contributed by atoms with Crippen LogP contribution in [-0.4, -0.2) is 40.8 Å². The Balaban J connectivity index is 2.85. The molecule has 1 aliphatic rings. The summed E-state index contributed by atoms with van der Waals surface area (Å²) >= 11 is 0. The van der Waals surface area contributed by atoms with Gasteiger partial charge in [-0.15, -0.1) is 0 Å². The van der Waals surface area contributed by atoms with Gasteiger partial charge in [-0.2, -0.15) is 13.2 Å². The summed E-state index contributed by atoms with van der Waals surface area (Å²) in [5.74, 6) is -3.01. The van der Waals surface area contributed by atoms with Gasteiger partial charge in [0.2, 0.25) is 5.91 Å². The molecule has 1 amide bonds. The van der Waals surface area contributed by atoms with Crippen molar-refractivity contribution in [2.24, 2.45) is 11.8 Å². The maximum atomic E-state index is 13.0. The number of carbonyl (C=O) groups excluding carboxylic acids is 1. The van der Waals surface area contributed by atoms with Gasteiger partial charge in [0.15, 0.2) is 0 Å². The van der Waals surface area contributed by atoms with Crippen LogP contribution in [0.4, 0.5) is 13.2 Å². The molecule has 0 radical (unpaired) electrons. The van der Waals surface area contributed by atoms with Gasteiger partial charge in [0.1, 0.15) is 0 Å². The van der Waals surface area contributed by atoms with Crippen LogP contribution in [0.2, 0.25) is 0 Å². The van der Waals surface area contributed by atoms with E-state index >= 15 is 0 Å². The standard InChI is InChI=1S/C14H24F3NO2/c1-4-18(9-13(2,3)20)12(19)10-7-5-6-8-11(10)14(15,16)17/h10-11,20H,4-9H2,1-3H3. The number of aliphatic hydroxyl groups is 1. The van der Waals surface area contributed by atoms with Crippen molar-refractivity contribution in [3.8, 4) is 0 Å². The van der Waals surface area contributed by atoms with Gasteiger partial charge in [0.05, 0.1) is 11.5 Å². The molecule has 118 valence electrons. The average Bonchev–Trinajstić information content (AvgIpc) is 2.33. The molecule has 2 atom stereocenters. The lowest BCUT2D eigenvalue weighted by Gasteiger charge is -2.37. The minimum Gasteiger partial charge on any atom is -0.389 e. The first-order valence-electron chi connectivity index (χ1n) is 7.14. The molecule has 6 heteroatoms. The Bertz CT molecular complexity index is 336. The lowest BCUT2D eigenvalue weighted by atomic mass is 9.78. The van der Waals surface area contributed by atoms with E-state index < -0.39 is 29.5 Å². The Kier molecular flexibility index (Phi) is 5.46. The summed E-state index contributed by atoms with van der Waals surface area (Å²) in [5, 5.41) is 9.78. The van der Waals surface area contributed by atoms with Gasteiger partial charge < -0.3 is 10.0 Å². The fourth-order valence-electron chi connectivity index (χ4n) is 2.87. The molecule has 1 saturated carbocycles. The van der Waals surface area contributed by atoms with E-state index in [4.69, 9.17) is 0 Å². The Morgan fingerprint density at radius 1 is 1.25 bits per heavy atom. The Labute approximate surface area is 118 Å². The summed E-state index contributed by atoms with van der Waals surface area (Å²) in [7, 11) is 0. The van der Waals surface area contributed by atoms with Crippen LogP contribution < -0.4 is 0 Å². The minimum absolute atomic E-state index is 0.0278. The van der Waals surface area contributed by atoms with Gasteiger partial charge in [-0.3, -0.25) is 4.79 Å². The van der Waals surface area contributed by atoms with Crippen molar-refractivity contribution in [1.29, 1.82) is 0 Å². The van der Waals surface area contributed by atoms with Crippen LogP contribution in [0.1, 0.15) is 46.5 Å². The minimum atomic E-state index is -4.32. The number of likely N-dealkylation sites (N-methyl/N-ethyl adjacent to an activating group) is 1. The van der Waals surface area contributed by atoms with Gasteiger partial charge in [0.25, 0.3) is 0 Å². The molecule has 3 nitrogen and oxygen atoms in total. The molecule has 0 bridgehead atoms. The molecule has 1 N–H and O–H groups in total. The monoisotopic (exact) mass is 295 g/mol. The van der Waals surface area contributed by atoms with Crippen LogP contribution in [0.5, 0.6) is 0 Å². The second-order valence-corrected chi connectivity index (χ2v) is 6.20. The average molecular weight is 295 g/mol. The zero-order chi connectivity index (χ0) is 15.6. The number of rotatable bonds is 4. The summed E-state index contributed by atoms with van der Waals surface area (Å²) < 4.78 is 39.1. The molecule has 0 aromatic rings. The lowest BCUT2D eigenvalue weighted by molar-refractivity contribution is -0.201. The van der Waals surface area contributed by atoms with Crippen molar-refractivity contribution in [1.82, 2.24) is 4.90 Å². The van der Waals surface area contributed by atoms with Gasteiger partial charge in [0, 0.05) is 19.0 Å². The van der Waals surface area contributed by atoms with E-state index in [0.29, 0.717) is 19.4 Å². The van der Waals surface area contributed by atoms with E-state index in [1.807, 2.05) is 0 Å². The smallest absolute Gasteiger partial charge is 0.389 e. The van der Waals surface area contributed by atoms with E-state index in [1.165, 1.54) is 4.90 Å². The molecule has 0 aliphatic heterocycles. The molecular formula is C14H24F3NO2. The molecule has 0 aromatic heterocycles. The predicted octanol–water partition coefficient (Wildman–Crippen LogP) is 2.97. The quantitative estimate of drug-likeness (QED) is 0.866. The number of nitrogens with zero attached hydrogens (tertiary/aromatic N) is 1. The summed E-state index contributed by atoms with van der Waals surface area (Å²) in [6, 6.07) is 0. The SMILES string of the molecule is CCN(CC(C)(C)O)C(=O)C1CCCCC1C(F)(F)F. The zero-order valence-corrected chi connectivity index (χ0v) is 12.3. The summed E-state index contributed by atoms with van der Waals surface area (Å²) in [5.41, 5.74) is -1.10. The molecular weight excluding hydrogens is 271 g/mol. The number of halogens is 3. The predicted molar refractivity (Wildman–Crippen MR) is 70.1 cm³/mol. The maximum absolute atomic E-state index is 13.0. The van der Waals surface area contributed by atoms with Gasteiger partial charge in [-0.05, 0) is 33.6 Å². The van der Waals surface area contributed by atoms with Crippen LogP contribution in [0.25, 0.3) is 0 Å². The topological polar surface area (TPSA) is 40.5 Å². The summed E-state index contributed by atoms with van der Waals surface area (Å²) in [6.07, 6.45) is -2.84. The van der Waals surface area contributed by atoms with Crippen LogP contribution in [0.15, 0.2) is 0 Å². The first-order chi connectivity index (χ1) is 9.06. The van der Waals surface area contributed by atoms with Crippen LogP contribution in [-0.2, 0) is 4.79 Å². The third-order valence-electron chi connectivity index (χ3n) is 3.77. The second-order valence-electron chi connectivity index (χ2n) is 6.20. The van der Waals surface area contributed by atoms with Crippen molar-refractivity contribution >= 4 is 5.91 Å². The maximum Gasteiger partial charge on any atom is 0.392 e. The number of amides is 1.